The van der Waals surface area contributed by atoms with Gasteiger partial charge in [0.05, 0.1) is 0 Å². The lowest BCUT2D eigenvalue weighted by Gasteiger charge is -2.24. The van der Waals surface area contributed by atoms with Crippen molar-refractivity contribution in [2.24, 2.45) is 5.92 Å². The minimum absolute atomic E-state index is 0.493. The van der Waals surface area contributed by atoms with E-state index in [2.05, 4.69) is 6.92 Å². The summed E-state index contributed by atoms with van der Waals surface area (Å²) in [6, 6.07) is 0. The highest BCUT2D eigenvalue weighted by Crippen LogP contribution is 2.30. The second kappa shape index (κ2) is 5.03. The van der Waals surface area contributed by atoms with Crippen LogP contribution in [0, 0.1) is 5.92 Å². The molecular weight excluding hydrogens is 156 g/mol. The number of hydrogen-bond acceptors (Lipinski definition) is 0. The van der Waals surface area contributed by atoms with Gasteiger partial charge < -0.3 is 0 Å². The van der Waals surface area contributed by atoms with Crippen LogP contribution >= 0.6 is 11.6 Å². The molecule has 1 rings (SSSR count). The number of unbranched alkanes of at least 4 members (excludes halogenated alkanes) is 1. The predicted octanol–water partition coefficient (Wildman–Crippen LogP) is 3.97. The smallest absolute Gasteiger partial charge is 0.0336 e. The van der Waals surface area contributed by atoms with Gasteiger partial charge in [-0.3, -0.25) is 0 Å². The zero-order chi connectivity index (χ0) is 8.10. The fourth-order valence-corrected chi connectivity index (χ4v) is 2.16. The van der Waals surface area contributed by atoms with Crippen LogP contribution in [0.15, 0.2) is 0 Å². The zero-order valence-corrected chi connectivity index (χ0v) is 8.24. The van der Waals surface area contributed by atoms with E-state index < -0.39 is 0 Å². The third-order valence-electron chi connectivity index (χ3n) is 2.74. The van der Waals surface area contributed by atoms with Crippen LogP contribution in [0.5, 0.6) is 0 Å². The Morgan fingerprint density at radius 1 is 1.18 bits per heavy atom. The molecule has 0 heterocycles. The summed E-state index contributed by atoms with van der Waals surface area (Å²) < 4.78 is 0. The molecule has 0 aromatic carbocycles. The van der Waals surface area contributed by atoms with Gasteiger partial charge in [0, 0.05) is 5.38 Å². The molecule has 0 unspecified atom stereocenters. The predicted molar refractivity (Wildman–Crippen MR) is 51.1 cm³/mol. The van der Waals surface area contributed by atoms with Crippen molar-refractivity contribution >= 4 is 11.6 Å². The Kier molecular flexibility index (Phi) is 4.29. The van der Waals surface area contributed by atoms with Crippen molar-refractivity contribution in [2.45, 2.75) is 57.2 Å². The summed E-state index contributed by atoms with van der Waals surface area (Å²) in [6.45, 7) is 2.27. The maximum absolute atomic E-state index is 6.02. The average molecular weight is 175 g/mol. The molecule has 0 aromatic rings. The van der Waals surface area contributed by atoms with E-state index in [0.29, 0.717) is 5.38 Å². The van der Waals surface area contributed by atoms with Crippen LogP contribution in [0.2, 0.25) is 0 Å². The molecule has 1 aliphatic rings. The van der Waals surface area contributed by atoms with Crippen molar-refractivity contribution in [2.75, 3.05) is 0 Å². The minimum atomic E-state index is 0.493. The molecule has 0 radical (unpaired) electrons. The summed E-state index contributed by atoms with van der Waals surface area (Å²) in [5.41, 5.74) is 0. The van der Waals surface area contributed by atoms with E-state index in [1.54, 1.807) is 0 Å². The van der Waals surface area contributed by atoms with E-state index >= 15 is 0 Å². The molecule has 0 amide bonds. The molecule has 66 valence electrons. The Bertz CT molecular complexity index is 90.3. The normalized spacial score (nSPS) is 32.2. The van der Waals surface area contributed by atoms with Crippen molar-refractivity contribution in [3.63, 3.8) is 0 Å². The van der Waals surface area contributed by atoms with Gasteiger partial charge in [-0.05, 0) is 31.6 Å². The van der Waals surface area contributed by atoms with Gasteiger partial charge in [-0.2, -0.15) is 0 Å². The molecule has 1 aliphatic carbocycles. The lowest BCUT2D eigenvalue weighted by molar-refractivity contribution is 0.335. The van der Waals surface area contributed by atoms with Gasteiger partial charge >= 0.3 is 0 Å². The molecule has 0 N–H and O–H groups in total. The van der Waals surface area contributed by atoms with E-state index in [-0.39, 0.29) is 0 Å². The van der Waals surface area contributed by atoms with E-state index in [9.17, 15) is 0 Å². The topological polar surface area (TPSA) is 0 Å². The summed E-state index contributed by atoms with van der Waals surface area (Å²) in [4.78, 5) is 0. The van der Waals surface area contributed by atoms with Crippen molar-refractivity contribution in [1.82, 2.24) is 0 Å². The van der Waals surface area contributed by atoms with Crippen LogP contribution in [0.1, 0.15) is 51.9 Å². The highest BCUT2D eigenvalue weighted by molar-refractivity contribution is 6.20. The standard InChI is InChI=1S/C10H19Cl/c1-2-3-4-9-5-7-10(11)8-6-9/h9-10H,2-8H2,1H3/t9-,10-. The Hall–Kier alpha value is 0.290. The van der Waals surface area contributed by atoms with Crippen LogP contribution in [-0.2, 0) is 0 Å². The second-order valence-corrected chi connectivity index (χ2v) is 4.38. The van der Waals surface area contributed by atoms with Crippen molar-refractivity contribution in [3.8, 4) is 0 Å². The Balaban J connectivity index is 2.07. The molecule has 0 spiro atoms. The average Bonchev–Trinajstić information content (AvgIpc) is 2.04. The maximum atomic E-state index is 6.02. The number of alkyl halides is 1. The molecule has 0 atom stereocenters. The third kappa shape index (κ3) is 3.46. The Morgan fingerprint density at radius 3 is 2.36 bits per heavy atom. The van der Waals surface area contributed by atoms with Crippen LogP contribution < -0.4 is 0 Å². The number of halogens is 1. The Labute approximate surface area is 75.3 Å². The molecule has 11 heavy (non-hydrogen) atoms. The largest absolute Gasteiger partial charge is 0.123 e. The zero-order valence-electron chi connectivity index (χ0n) is 7.48. The lowest BCUT2D eigenvalue weighted by atomic mass is 9.85. The highest BCUT2D eigenvalue weighted by atomic mass is 35.5. The summed E-state index contributed by atoms with van der Waals surface area (Å²) in [6.07, 6.45) is 9.49. The van der Waals surface area contributed by atoms with Gasteiger partial charge in [0.15, 0.2) is 0 Å². The van der Waals surface area contributed by atoms with Crippen LogP contribution in [0.4, 0.5) is 0 Å². The first-order chi connectivity index (χ1) is 5.33. The molecule has 0 saturated heterocycles. The quantitative estimate of drug-likeness (QED) is 0.568. The van der Waals surface area contributed by atoms with Crippen LogP contribution in [0.25, 0.3) is 0 Å². The monoisotopic (exact) mass is 174 g/mol. The summed E-state index contributed by atoms with van der Waals surface area (Å²) in [5, 5.41) is 0.493. The number of rotatable bonds is 3. The van der Waals surface area contributed by atoms with Crippen molar-refractivity contribution < 1.29 is 0 Å². The van der Waals surface area contributed by atoms with E-state index in [1.165, 1.54) is 44.9 Å². The van der Waals surface area contributed by atoms with Gasteiger partial charge in [-0.1, -0.05) is 26.2 Å². The van der Waals surface area contributed by atoms with E-state index in [1.807, 2.05) is 0 Å². The van der Waals surface area contributed by atoms with Gasteiger partial charge in [0.1, 0.15) is 0 Å². The van der Waals surface area contributed by atoms with Crippen LogP contribution in [-0.4, -0.2) is 5.38 Å². The van der Waals surface area contributed by atoms with Gasteiger partial charge in [0.2, 0.25) is 0 Å². The lowest BCUT2D eigenvalue weighted by Crippen LogP contribution is -2.13. The fourth-order valence-electron chi connectivity index (χ4n) is 1.90. The molecule has 1 heteroatoms. The SMILES string of the molecule is CCCC[C@H]1CC[C@H](Cl)CC1. The molecule has 1 fully saturated rings. The van der Waals surface area contributed by atoms with Gasteiger partial charge in [-0.15, -0.1) is 11.6 Å². The molecule has 0 aromatic heterocycles. The first-order valence-corrected chi connectivity index (χ1v) is 5.40. The molecule has 1 saturated carbocycles. The summed E-state index contributed by atoms with van der Waals surface area (Å²) in [7, 11) is 0. The van der Waals surface area contributed by atoms with E-state index in [0.717, 1.165) is 5.92 Å². The fraction of sp³-hybridized carbons (Fsp3) is 1.00. The van der Waals surface area contributed by atoms with Crippen molar-refractivity contribution in [1.29, 1.82) is 0 Å². The van der Waals surface area contributed by atoms with Gasteiger partial charge in [0.25, 0.3) is 0 Å². The molecular formula is C10H19Cl. The summed E-state index contributed by atoms with van der Waals surface area (Å²) in [5.74, 6) is 1.00. The third-order valence-corrected chi connectivity index (χ3v) is 3.18. The van der Waals surface area contributed by atoms with Crippen LogP contribution in [0.3, 0.4) is 0 Å². The molecule has 0 nitrogen and oxygen atoms in total. The van der Waals surface area contributed by atoms with Crippen molar-refractivity contribution in [3.05, 3.63) is 0 Å². The summed E-state index contributed by atoms with van der Waals surface area (Å²) >= 11 is 6.02. The van der Waals surface area contributed by atoms with E-state index in [4.69, 9.17) is 11.6 Å². The molecule has 0 aliphatic heterocycles. The van der Waals surface area contributed by atoms with Gasteiger partial charge in [-0.25, -0.2) is 0 Å². The first-order valence-electron chi connectivity index (χ1n) is 4.97. The Morgan fingerprint density at radius 2 is 1.82 bits per heavy atom. The second-order valence-electron chi connectivity index (χ2n) is 3.76. The number of hydrogen-bond donors (Lipinski definition) is 0. The first kappa shape index (κ1) is 9.38. The highest BCUT2D eigenvalue weighted by Gasteiger charge is 2.18. The maximum Gasteiger partial charge on any atom is 0.0336 e. The minimum Gasteiger partial charge on any atom is -0.123 e. The molecule has 0 bridgehead atoms.